The van der Waals surface area contributed by atoms with Crippen molar-refractivity contribution in [1.82, 2.24) is 4.98 Å². The average molecular weight is 231 g/mol. The first kappa shape index (κ1) is 12.1. The monoisotopic (exact) mass is 231 g/mol. The van der Waals surface area contributed by atoms with Crippen LogP contribution in [0.2, 0.25) is 0 Å². The lowest BCUT2D eigenvalue weighted by molar-refractivity contribution is 0.777. The van der Waals surface area contributed by atoms with Gasteiger partial charge in [0.1, 0.15) is 0 Å². The van der Waals surface area contributed by atoms with Crippen molar-refractivity contribution in [1.29, 1.82) is 0 Å². The van der Waals surface area contributed by atoms with Gasteiger partial charge in [0, 0.05) is 42.3 Å². The van der Waals surface area contributed by atoms with Crippen molar-refractivity contribution in [2.24, 2.45) is 5.73 Å². The number of nitrogens with two attached hydrogens (primary N) is 1. The maximum absolute atomic E-state index is 5.85. The molecule has 3 nitrogen and oxygen atoms in total. The summed E-state index contributed by atoms with van der Waals surface area (Å²) in [5.41, 5.74) is 11.9. The summed E-state index contributed by atoms with van der Waals surface area (Å²) in [6.45, 7) is 8.92. The number of pyridine rings is 1. The van der Waals surface area contributed by atoms with Crippen molar-refractivity contribution in [3.8, 4) is 0 Å². The highest BCUT2D eigenvalue weighted by molar-refractivity contribution is 5.57. The smallest absolute Gasteiger partial charge is 0.0451 e. The lowest BCUT2D eigenvalue weighted by atomic mass is 10.1. The van der Waals surface area contributed by atoms with E-state index in [1.54, 1.807) is 0 Å². The maximum Gasteiger partial charge on any atom is 0.0451 e. The zero-order valence-corrected chi connectivity index (χ0v) is 11.0. The quantitative estimate of drug-likeness (QED) is 0.794. The van der Waals surface area contributed by atoms with Crippen LogP contribution in [0.3, 0.4) is 0 Å². The molecule has 1 aliphatic heterocycles. The summed E-state index contributed by atoms with van der Waals surface area (Å²) in [7, 11) is 0. The van der Waals surface area contributed by atoms with Crippen LogP contribution in [-0.4, -0.2) is 18.1 Å². The van der Waals surface area contributed by atoms with E-state index in [4.69, 9.17) is 5.73 Å². The molecule has 17 heavy (non-hydrogen) atoms. The summed E-state index contributed by atoms with van der Waals surface area (Å²) in [4.78, 5) is 6.89. The molecule has 0 spiro atoms. The van der Waals surface area contributed by atoms with Crippen molar-refractivity contribution in [2.45, 2.75) is 33.7 Å². The number of aromatic nitrogens is 1. The normalized spacial score (nSPS) is 16.0. The molecule has 0 atom stereocenters. The van der Waals surface area contributed by atoms with Gasteiger partial charge in [-0.3, -0.25) is 4.98 Å². The Balaban J connectivity index is 2.37. The molecule has 0 fully saturated rings. The first-order valence-electron chi connectivity index (χ1n) is 6.19. The second-order valence-electron chi connectivity index (χ2n) is 4.80. The van der Waals surface area contributed by atoms with E-state index in [1.165, 1.54) is 16.8 Å². The van der Waals surface area contributed by atoms with E-state index >= 15 is 0 Å². The lowest BCUT2D eigenvalue weighted by Gasteiger charge is -2.30. The highest BCUT2D eigenvalue weighted by Crippen LogP contribution is 2.26. The number of hydrogen-bond donors (Lipinski definition) is 1. The highest BCUT2D eigenvalue weighted by Gasteiger charge is 2.15. The number of rotatable bonds is 2. The van der Waals surface area contributed by atoms with Crippen LogP contribution < -0.4 is 10.6 Å². The molecule has 0 saturated carbocycles. The molecule has 0 saturated heterocycles. The fourth-order valence-corrected chi connectivity index (χ4v) is 2.36. The zero-order valence-electron chi connectivity index (χ0n) is 11.0. The third-order valence-corrected chi connectivity index (χ3v) is 3.42. The Kier molecular flexibility index (Phi) is 3.48. The predicted octanol–water partition coefficient (Wildman–Crippen LogP) is 2.31. The Morgan fingerprint density at radius 1 is 1.35 bits per heavy atom. The molecule has 0 aromatic carbocycles. The largest absolute Gasteiger partial charge is 0.367 e. The van der Waals surface area contributed by atoms with Crippen LogP contribution in [0.4, 0.5) is 5.69 Å². The van der Waals surface area contributed by atoms with Crippen LogP contribution >= 0.6 is 0 Å². The number of hydrogen-bond acceptors (Lipinski definition) is 3. The molecule has 1 aromatic heterocycles. The van der Waals surface area contributed by atoms with E-state index in [1.807, 2.05) is 13.8 Å². The maximum atomic E-state index is 5.85. The molecule has 1 aromatic rings. The third-order valence-electron chi connectivity index (χ3n) is 3.42. The van der Waals surface area contributed by atoms with Crippen molar-refractivity contribution in [3.05, 3.63) is 34.7 Å². The number of aryl methyl sites for hydroxylation is 2. The van der Waals surface area contributed by atoms with Gasteiger partial charge >= 0.3 is 0 Å². The molecule has 2 N–H and O–H groups in total. The first-order valence-corrected chi connectivity index (χ1v) is 6.19. The molecule has 1 aliphatic rings. The van der Waals surface area contributed by atoms with Crippen LogP contribution in [0.25, 0.3) is 0 Å². The summed E-state index contributed by atoms with van der Waals surface area (Å²) < 4.78 is 0. The van der Waals surface area contributed by atoms with Gasteiger partial charge in [-0.2, -0.15) is 0 Å². The van der Waals surface area contributed by atoms with Gasteiger partial charge in [-0.15, -0.1) is 0 Å². The Bertz CT molecular complexity index is 449. The highest BCUT2D eigenvalue weighted by atomic mass is 15.1. The van der Waals surface area contributed by atoms with Gasteiger partial charge in [0.05, 0.1) is 0 Å². The molecule has 0 aliphatic carbocycles. The van der Waals surface area contributed by atoms with Crippen molar-refractivity contribution < 1.29 is 0 Å². The minimum atomic E-state index is 0.563. The van der Waals surface area contributed by atoms with Crippen LogP contribution in [0.5, 0.6) is 0 Å². The van der Waals surface area contributed by atoms with Gasteiger partial charge in [-0.25, -0.2) is 0 Å². The van der Waals surface area contributed by atoms with Crippen molar-refractivity contribution >= 4 is 5.69 Å². The van der Waals surface area contributed by atoms with Crippen LogP contribution in [-0.2, 0) is 6.54 Å². The minimum absolute atomic E-state index is 0.563. The Hall–Kier alpha value is -1.35. The second kappa shape index (κ2) is 4.88. The topological polar surface area (TPSA) is 42.2 Å². The molecule has 0 amide bonds. The fraction of sp³-hybridized carbons (Fsp3) is 0.500. The first-order chi connectivity index (χ1) is 8.11. The van der Waals surface area contributed by atoms with E-state index in [0.29, 0.717) is 6.54 Å². The predicted molar refractivity (Wildman–Crippen MR) is 72.2 cm³/mol. The molecule has 2 rings (SSSR count). The molecular weight excluding hydrogens is 210 g/mol. The molecular formula is C14H21N3. The minimum Gasteiger partial charge on any atom is -0.367 e. The second-order valence-corrected chi connectivity index (χ2v) is 4.80. The van der Waals surface area contributed by atoms with E-state index < -0.39 is 0 Å². The van der Waals surface area contributed by atoms with Crippen molar-refractivity contribution in [3.63, 3.8) is 0 Å². The van der Waals surface area contributed by atoms with E-state index in [9.17, 15) is 0 Å². The molecule has 2 heterocycles. The van der Waals surface area contributed by atoms with Gasteiger partial charge in [0.15, 0.2) is 0 Å². The summed E-state index contributed by atoms with van der Waals surface area (Å²) in [6, 6.07) is 2.16. The van der Waals surface area contributed by atoms with Gasteiger partial charge in [0.25, 0.3) is 0 Å². The fourth-order valence-electron chi connectivity index (χ4n) is 2.36. The molecule has 0 bridgehead atoms. The van der Waals surface area contributed by atoms with E-state index in [0.717, 1.165) is 30.9 Å². The van der Waals surface area contributed by atoms with Gasteiger partial charge in [-0.05, 0) is 33.3 Å². The Labute approximate surface area is 103 Å². The summed E-state index contributed by atoms with van der Waals surface area (Å²) in [6.07, 6.45) is 3.44. The summed E-state index contributed by atoms with van der Waals surface area (Å²) >= 11 is 0. The number of anilines is 1. The molecule has 92 valence electrons. The van der Waals surface area contributed by atoms with E-state index in [-0.39, 0.29) is 0 Å². The van der Waals surface area contributed by atoms with Gasteiger partial charge in [0.2, 0.25) is 0 Å². The van der Waals surface area contributed by atoms with Gasteiger partial charge < -0.3 is 10.6 Å². The van der Waals surface area contributed by atoms with Crippen LogP contribution in [0.1, 0.15) is 30.3 Å². The van der Waals surface area contributed by atoms with Crippen LogP contribution in [0.15, 0.2) is 17.7 Å². The molecule has 0 unspecified atom stereocenters. The standard InChI is InChI=1S/C14H21N3/c1-10-4-6-17(7-5-10)14-8-11(2)16-12(3)13(14)9-15/h4,8H,5-7,9,15H2,1-3H3. The number of nitrogens with zero attached hydrogens (tertiary/aromatic N) is 2. The SMILES string of the molecule is CC1=CCN(c2cc(C)nc(C)c2CN)CC1. The Morgan fingerprint density at radius 2 is 2.12 bits per heavy atom. The Morgan fingerprint density at radius 3 is 2.71 bits per heavy atom. The third kappa shape index (κ3) is 2.50. The van der Waals surface area contributed by atoms with E-state index in [2.05, 4.69) is 29.0 Å². The zero-order chi connectivity index (χ0) is 12.4. The lowest BCUT2D eigenvalue weighted by Crippen LogP contribution is -2.30. The van der Waals surface area contributed by atoms with Gasteiger partial charge in [-0.1, -0.05) is 11.6 Å². The van der Waals surface area contributed by atoms with Crippen molar-refractivity contribution in [2.75, 3.05) is 18.0 Å². The molecule has 3 heteroatoms. The van der Waals surface area contributed by atoms with Crippen LogP contribution in [0, 0.1) is 13.8 Å². The molecule has 0 radical (unpaired) electrons. The summed E-state index contributed by atoms with van der Waals surface area (Å²) in [5, 5.41) is 0. The summed E-state index contributed by atoms with van der Waals surface area (Å²) in [5.74, 6) is 0. The average Bonchev–Trinajstić information content (AvgIpc) is 2.29.